The number of amides is 1. The number of halogens is 1. The summed E-state index contributed by atoms with van der Waals surface area (Å²) in [5, 5.41) is 6.33. The summed E-state index contributed by atoms with van der Waals surface area (Å²) in [5.74, 6) is -0.691. The molecule has 6 nitrogen and oxygen atoms in total. The van der Waals surface area contributed by atoms with E-state index in [4.69, 9.17) is 9.26 Å². The average Bonchev–Trinajstić information content (AvgIpc) is 2.79. The molecule has 7 heteroatoms. The van der Waals surface area contributed by atoms with Gasteiger partial charge in [0, 0.05) is 4.47 Å². The number of ether oxygens (including phenoxy) is 1. The number of nitrogens with zero attached hydrogens (tertiary/aromatic N) is 1. The molecule has 0 aliphatic heterocycles. The number of hydrogen-bond donors (Lipinski definition) is 1. The van der Waals surface area contributed by atoms with E-state index in [-0.39, 0.29) is 12.2 Å². The zero-order valence-corrected chi connectivity index (χ0v) is 14.0. The lowest BCUT2D eigenvalue weighted by Gasteiger charge is -2.08. The van der Waals surface area contributed by atoms with E-state index in [1.807, 2.05) is 19.1 Å². The molecule has 0 saturated carbocycles. The van der Waals surface area contributed by atoms with Crippen molar-refractivity contribution >= 4 is 33.5 Å². The van der Waals surface area contributed by atoms with E-state index in [1.54, 1.807) is 19.9 Å². The van der Waals surface area contributed by atoms with Crippen molar-refractivity contribution in [1.29, 1.82) is 0 Å². The number of aryl methyl sites for hydroxylation is 3. The smallest absolute Gasteiger partial charge is 0.344 e. The summed E-state index contributed by atoms with van der Waals surface area (Å²) < 4.78 is 10.6. The number of carbonyl (C=O) groups is 2. The fourth-order valence-electron chi connectivity index (χ4n) is 1.89. The van der Waals surface area contributed by atoms with Gasteiger partial charge in [0.15, 0.2) is 6.61 Å². The first-order valence-corrected chi connectivity index (χ1v) is 7.33. The zero-order valence-electron chi connectivity index (χ0n) is 12.4. The molecular weight excluding hydrogens is 352 g/mol. The summed E-state index contributed by atoms with van der Waals surface area (Å²) in [6.45, 7) is 4.81. The van der Waals surface area contributed by atoms with Crippen molar-refractivity contribution in [2.45, 2.75) is 20.8 Å². The van der Waals surface area contributed by atoms with Crippen LogP contribution in [0, 0.1) is 20.8 Å². The molecule has 0 atom stereocenters. The number of anilines is 1. The molecule has 0 spiro atoms. The lowest BCUT2D eigenvalue weighted by molar-refractivity contribution is -0.119. The Morgan fingerprint density at radius 2 is 2.05 bits per heavy atom. The summed E-state index contributed by atoms with van der Waals surface area (Å²) in [7, 11) is 0. The Balaban J connectivity index is 1.94. The van der Waals surface area contributed by atoms with Crippen LogP contribution in [-0.2, 0) is 9.53 Å². The van der Waals surface area contributed by atoms with E-state index in [1.165, 1.54) is 0 Å². The highest BCUT2D eigenvalue weighted by atomic mass is 79.9. The molecule has 2 aromatic rings. The van der Waals surface area contributed by atoms with Crippen LogP contribution in [0.25, 0.3) is 0 Å². The van der Waals surface area contributed by atoms with Crippen LogP contribution in [0.5, 0.6) is 0 Å². The Hall–Kier alpha value is -2.15. The Morgan fingerprint density at radius 3 is 2.64 bits per heavy atom. The molecule has 0 radical (unpaired) electrons. The lowest BCUT2D eigenvalue weighted by atomic mass is 10.2. The van der Waals surface area contributed by atoms with Crippen molar-refractivity contribution in [3.05, 3.63) is 45.3 Å². The molecule has 116 valence electrons. The van der Waals surface area contributed by atoms with Crippen LogP contribution in [0.4, 0.5) is 5.69 Å². The summed E-state index contributed by atoms with van der Waals surface area (Å²) in [6, 6.07) is 5.52. The van der Waals surface area contributed by atoms with Crippen LogP contribution in [0.2, 0.25) is 0 Å². The summed E-state index contributed by atoms with van der Waals surface area (Å²) in [5.41, 5.74) is 2.37. The predicted molar refractivity (Wildman–Crippen MR) is 83.8 cm³/mol. The second kappa shape index (κ2) is 6.74. The molecule has 0 aliphatic carbocycles. The highest BCUT2D eigenvalue weighted by Crippen LogP contribution is 2.23. The molecule has 2 rings (SSSR count). The van der Waals surface area contributed by atoms with E-state index in [9.17, 15) is 9.59 Å². The maximum Gasteiger partial charge on any atom is 0.344 e. The van der Waals surface area contributed by atoms with Crippen LogP contribution in [0.15, 0.2) is 27.2 Å². The quantitative estimate of drug-likeness (QED) is 0.840. The Morgan fingerprint density at radius 1 is 1.32 bits per heavy atom. The molecule has 0 aliphatic rings. The number of esters is 1. The van der Waals surface area contributed by atoms with Crippen LogP contribution in [0.1, 0.15) is 27.4 Å². The van der Waals surface area contributed by atoms with Gasteiger partial charge in [0.25, 0.3) is 5.91 Å². The molecule has 0 bridgehead atoms. The molecule has 0 saturated heterocycles. The summed E-state index contributed by atoms with van der Waals surface area (Å²) in [6.07, 6.45) is 0. The maximum absolute atomic E-state index is 11.9. The molecule has 0 fully saturated rings. The zero-order chi connectivity index (χ0) is 16.3. The first-order chi connectivity index (χ1) is 10.4. The Labute approximate surface area is 135 Å². The molecular formula is C15H15BrN2O4. The fraction of sp³-hybridized carbons (Fsp3) is 0.267. The Bertz CT molecular complexity index is 705. The van der Waals surface area contributed by atoms with Gasteiger partial charge in [-0.1, -0.05) is 11.2 Å². The maximum atomic E-state index is 11.9. The number of rotatable bonds is 4. The SMILES string of the molecule is Cc1ccc(NC(=O)COC(=O)c2c(C)noc2C)c(Br)c1. The van der Waals surface area contributed by atoms with Crippen molar-refractivity contribution in [3.8, 4) is 0 Å². The molecule has 1 N–H and O–H groups in total. The minimum absolute atomic E-state index is 0.254. The lowest BCUT2D eigenvalue weighted by Crippen LogP contribution is -2.21. The van der Waals surface area contributed by atoms with E-state index >= 15 is 0 Å². The van der Waals surface area contributed by atoms with E-state index < -0.39 is 11.9 Å². The number of carbonyl (C=O) groups excluding carboxylic acids is 2. The second-order valence-corrected chi connectivity index (χ2v) is 5.66. The van der Waals surface area contributed by atoms with Gasteiger partial charge >= 0.3 is 5.97 Å². The first kappa shape index (κ1) is 16.2. The van der Waals surface area contributed by atoms with Crippen molar-refractivity contribution in [1.82, 2.24) is 5.16 Å². The van der Waals surface area contributed by atoms with Gasteiger partial charge in [0.05, 0.1) is 11.4 Å². The highest BCUT2D eigenvalue weighted by Gasteiger charge is 2.20. The topological polar surface area (TPSA) is 81.4 Å². The van der Waals surface area contributed by atoms with Gasteiger partial charge in [0.2, 0.25) is 0 Å². The van der Waals surface area contributed by atoms with Gasteiger partial charge in [-0.15, -0.1) is 0 Å². The largest absolute Gasteiger partial charge is 0.452 e. The first-order valence-electron chi connectivity index (χ1n) is 6.54. The minimum Gasteiger partial charge on any atom is -0.452 e. The van der Waals surface area contributed by atoms with Crippen LogP contribution in [0.3, 0.4) is 0 Å². The number of hydrogen-bond acceptors (Lipinski definition) is 5. The molecule has 1 amide bonds. The van der Waals surface area contributed by atoms with Crippen LogP contribution < -0.4 is 5.32 Å². The van der Waals surface area contributed by atoms with Crippen molar-refractivity contribution in [3.63, 3.8) is 0 Å². The third-order valence-electron chi connectivity index (χ3n) is 2.97. The number of nitrogens with one attached hydrogen (secondary N) is 1. The summed E-state index contributed by atoms with van der Waals surface area (Å²) >= 11 is 3.36. The summed E-state index contributed by atoms with van der Waals surface area (Å²) in [4.78, 5) is 23.7. The standard InChI is InChI=1S/C15H15BrN2O4/c1-8-4-5-12(11(16)6-8)17-13(19)7-21-15(20)14-9(2)18-22-10(14)3/h4-6H,7H2,1-3H3,(H,17,19). The van der Waals surface area contributed by atoms with E-state index in [0.29, 0.717) is 17.1 Å². The number of aromatic nitrogens is 1. The molecule has 1 aromatic heterocycles. The third-order valence-corrected chi connectivity index (χ3v) is 3.63. The molecule has 0 unspecified atom stereocenters. The van der Waals surface area contributed by atoms with Crippen LogP contribution >= 0.6 is 15.9 Å². The molecule has 1 aromatic carbocycles. The van der Waals surface area contributed by atoms with Gasteiger partial charge in [-0.25, -0.2) is 4.79 Å². The third kappa shape index (κ3) is 3.73. The second-order valence-electron chi connectivity index (χ2n) is 4.81. The van der Waals surface area contributed by atoms with Gasteiger partial charge in [-0.3, -0.25) is 4.79 Å². The molecule has 22 heavy (non-hydrogen) atoms. The fourth-order valence-corrected chi connectivity index (χ4v) is 2.48. The Kier molecular flexibility index (Phi) is 4.97. The van der Waals surface area contributed by atoms with Gasteiger partial charge in [0.1, 0.15) is 11.3 Å². The van der Waals surface area contributed by atoms with Crippen molar-refractivity contribution in [2.75, 3.05) is 11.9 Å². The number of benzene rings is 1. The van der Waals surface area contributed by atoms with Crippen molar-refractivity contribution in [2.24, 2.45) is 0 Å². The van der Waals surface area contributed by atoms with Crippen LogP contribution in [-0.4, -0.2) is 23.6 Å². The van der Waals surface area contributed by atoms with Gasteiger partial charge < -0.3 is 14.6 Å². The minimum atomic E-state index is -0.630. The highest BCUT2D eigenvalue weighted by molar-refractivity contribution is 9.10. The van der Waals surface area contributed by atoms with Crippen molar-refractivity contribution < 1.29 is 18.8 Å². The molecule has 1 heterocycles. The average molecular weight is 367 g/mol. The van der Waals surface area contributed by atoms with Gasteiger partial charge in [-0.05, 0) is 54.4 Å². The predicted octanol–water partition coefficient (Wildman–Crippen LogP) is 3.16. The van der Waals surface area contributed by atoms with Gasteiger partial charge in [-0.2, -0.15) is 0 Å². The van der Waals surface area contributed by atoms with E-state index in [0.717, 1.165) is 10.0 Å². The van der Waals surface area contributed by atoms with E-state index in [2.05, 4.69) is 26.4 Å². The monoisotopic (exact) mass is 366 g/mol. The normalized spacial score (nSPS) is 10.4.